The molecule has 5 heteroatoms. The minimum absolute atomic E-state index is 0.0488. The minimum Gasteiger partial charge on any atom is -0.374 e. The van der Waals surface area contributed by atoms with Crippen molar-refractivity contribution in [2.45, 2.75) is 32.8 Å². The lowest BCUT2D eigenvalue weighted by atomic mass is 10.1. The standard InChI is InChI=1S/C23H27N3O2/c1-3-22-21(17-25-26(22)20-13-8-5-9-14-20)23(27)24-15-10-16-28-18(2)19-11-6-4-7-12-19/h4-9,11-14,17-18H,3,10,15-16H2,1-2H3,(H,24,27). The summed E-state index contributed by atoms with van der Waals surface area (Å²) in [5.41, 5.74) is 3.66. The van der Waals surface area contributed by atoms with Crippen molar-refractivity contribution in [2.24, 2.45) is 0 Å². The van der Waals surface area contributed by atoms with E-state index in [2.05, 4.69) is 22.5 Å². The molecule has 0 spiro atoms. The Hall–Kier alpha value is -2.92. The van der Waals surface area contributed by atoms with Crippen molar-refractivity contribution in [2.75, 3.05) is 13.2 Å². The molecule has 0 aliphatic heterocycles. The van der Waals surface area contributed by atoms with Crippen LogP contribution in [0.2, 0.25) is 0 Å². The van der Waals surface area contributed by atoms with Gasteiger partial charge in [0.05, 0.1) is 29.2 Å². The first-order valence-electron chi connectivity index (χ1n) is 9.77. The molecular weight excluding hydrogens is 350 g/mol. The lowest BCUT2D eigenvalue weighted by Gasteiger charge is -2.13. The van der Waals surface area contributed by atoms with Gasteiger partial charge in [-0.25, -0.2) is 4.68 Å². The first kappa shape index (κ1) is 19.8. The van der Waals surface area contributed by atoms with Gasteiger partial charge in [-0.2, -0.15) is 5.10 Å². The van der Waals surface area contributed by atoms with Crippen molar-refractivity contribution in [3.63, 3.8) is 0 Å². The van der Waals surface area contributed by atoms with Crippen molar-refractivity contribution in [1.82, 2.24) is 15.1 Å². The zero-order valence-corrected chi connectivity index (χ0v) is 16.5. The maximum Gasteiger partial charge on any atom is 0.254 e. The smallest absolute Gasteiger partial charge is 0.254 e. The predicted octanol–water partition coefficient (Wildman–Crippen LogP) is 4.33. The summed E-state index contributed by atoms with van der Waals surface area (Å²) in [5, 5.41) is 7.39. The lowest BCUT2D eigenvalue weighted by molar-refractivity contribution is 0.0635. The van der Waals surface area contributed by atoms with Crippen molar-refractivity contribution in [1.29, 1.82) is 0 Å². The molecule has 0 saturated carbocycles. The fraction of sp³-hybridized carbons (Fsp3) is 0.304. The normalized spacial score (nSPS) is 11.9. The van der Waals surface area contributed by atoms with Gasteiger partial charge < -0.3 is 10.1 Å². The van der Waals surface area contributed by atoms with E-state index in [9.17, 15) is 4.79 Å². The highest BCUT2D eigenvalue weighted by molar-refractivity contribution is 5.95. The van der Waals surface area contributed by atoms with Gasteiger partial charge in [0.15, 0.2) is 0 Å². The molecule has 1 amide bonds. The molecule has 0 aliphatic rings. The van der Waals surface area contributed by atoms with E-state index < -0.39 is 0 Å². The first-order chi connectivity index (χ1) is 13.7. The molecule has 0 bridgehead atoms. The average molecular weight is 377 g/mol. The van der Waals surface area contributed by atoms with Crippen LogP contribution in [0.5, 0.6) is 0 Å². The molecule has 1 unspecified atom stereocenters. The number of hydrogen-bond donors (Lipinski definition) is 1. The van der Waals surface area contributed by atoms with Crippen molar-refractivity contribution >= 4 is 5.91 Å². The number of carbonyl (C=O) groups is 1. The van der Waals surface area contributed by atoms with Crippen LogP contribution in [0.3, 0.4) is 0 Å². The fourth-order valence-electron chi connectivity index (χ4n) is 3.15. The van der Waals surface area contributed by atoms with E-state index in [-0.39, 0.29) is 12.0 Å². The summed E-state index contributed by atoms with van der Waals surface area (Å²) in [6.07, 6.45) is 3.19. The van der Waals surface area contributed by atoms with E-state index in [1.165, 1.54) is 0 Å². The molecule has 3 aromatic rings. The molecule has 0 saturated heterocycles. The van der Waals surface area contributed by atoms with Gasteiger partial charge in [0.25, 0.3) is 5.91 Å². The Bertz CT molecular complexity index is 875. The monoisotopic (exact) mass is 377 g/mol. The number of amides is 1. The van der Waals surface area contributed by atoms with Crippen LogP contribution in [0.15, 0.2) is 66.9 Å². The molecule has 0 fully saturated rings. The minimum atomic E-state index is -0.0878. The van der Waals surface area contributed by atoms with Gasteiger partial charge in [0, 0.05) is 13.2 Å². The maximum absolute atomic E-state index is 12.6. The van der Waals surface area contributed by atoms with E-state index in [1.54, 1.807) is 6.20 Å². The Morgan fingerprint density at radius 3 is 2.46 bits per heavy atom. The Kier molecular flexibility index (Phi) is 6.98. The molecule has 0 radical (unpaired) electrons. The van der Waals surface area contributed by atoms with E-state index in [4.69, 9.17) is 4.74 Å². The van der Waals surface area contributed by atoms with E-state index >= 15 is 0 Å². The Labute approximate surface area is 166 Å². The topological polar surface area (TPSA) is 56.1 Å². The average Bonchev–Trinajstić information content (AvgIpc) is 3.18. The van der Waals surface area contributed by atoms with Gasteiger partial charge in [-0.05, 0) is 37.5 Å². The zero-order chi connectivity index (χ0) is 19.8. The van der Waals surface area contributed by atoms with E-state index in [0.29, 0.717) is 18.7 Å². The quantitative estimate of drug-likeness (QED) is 0.565. The summed E-state index contributed by atoms with van der Waals surface area (Å²) in [5.74, 6) is -0.0878. The molecule has 0 aliphatic carbocycles. The van der Waals surface area contributed by atoms with Crippen LogP contribution in [-0.4, -0.2) is 28.8 Å². The number of ether oxygens (including phenoxy) is 1. The third-order valence-electron chi connectivity index (χ3n) is 4.69. The summed E-state index contributed by atoms with van der Waals surface area (Å²) in [6, 6.07) is 20.0. The molecule has 5 nitrogen and oxygen atoms in total. The van der Waals surface area contributed by atoms with Crippen LogP contribution in [0.4, 0.5) is 0 Å². The Morgan fingerprint density at radius 2 is 1.79 bits per heavy atom. The SMILES string of the molecule is CCc1c(C(=O)NCCCOC(C)c2ccccc2)cnn1-c1ccccc1. The van der Waals surface area contributed by atoms with E-state index in [0.717, 1.165) is 29.8 Å². The number of para-hydroxylation sites is 1. The van der Waals surface area contributed by atoms with Crippen LogP contribution >= 0.6 is 0 Å². The molecule has 2 aromatic carbocycles. The van der Waals surface area contributed by atoms with E-state index in [1.807, 2.05) is 67.1 Å². The van der Waals surface area contributed by atoms with Crippen LogP contribution in [0, 0.1) is 0 Å². The summed E-state index contributed by atoms with van der Waals surface area (Å²) in [6.45, 7) is 5.24. The number of nitrogens with zero attached hydrogens (tertiary/aromatic N) is 2. The van der Waals surface area contributed by atoms with Gasteiger partial charge in [-0.1, -0.05) is 55.5 Å². The third kappa shape index (κ3) is 4.87. The van der Waals surface area contributed by atoms with Gasteiger partial charge in [0.1, 0.15) is 0 Å². The second-order valence-corrected chi connectivity index (χ2v) is 6.64. The van der Waals surface area contributed by atoms with Gasteiger partial charge in [0.2, 0.25) is 0 Å². The third-order valence-corrected chi connectivity index (χ3v) is 4.69. The molecule has 3 rings (SSSR count). The predicted molar refractivity (Wildman–Crippen MR) is 111 cm³/mol. The van der Waals surface area contributed by atoms with Gasteiger partial charge >= 0.3 is 0 Å². The van der Waals surface area contributed by atoms with Crippen LogP contribution in [-0.2, 0) is 11.2 Å². The molecular formula is C23H27N3O2. The van der Waals surface area contributed by atoms with Gasteiger partial charge in [-0.15, -0.1) is 0 Å². The molecule has 146 valence electrons. The molecule has 1 heterocycles. The van der Waals surface area contributed by atoms with Crippen LogP contribution < -0.4 is 5.32 Å². The van der Waals surface area contributed by atoms with Gasteiger partial charge in [-0.3, -0.25) is 4.79 Å². The number of rotatable bonds is 9. The Morgan fingerprint density at radius 1 is 1.11 bits per heavy atom. The highest BCUT2D eigenvalue weighted by Gasteiger charge is 2.16. The number of carbonyl (C=O) groups excluding carboxylic acids is 1. The first-order valence-corrected chi connectivity index (χ1v) is 9.77. The summed E-state index contributed by atoms with van der Waals surface area (Å²) < 4.78 is 7.69. The number of hydrogen-bond acceptors (Lipinski definition) is 3. The molecule has 1 atom stereocenters. The highest BCUT2D eigenvalue weighted by atomic mass is 16.5. The van der Waals surface area contributed by atoms with Crippen LogP contribution in [0.25, 0.3) is 5.69 Å². The number of benzene rings is 2. The molecule has 1 N–H and O–H groups in total. The Balaban J connectivity index is 1.49. The fourth-order valence-corrected chi connectivity index (χ4v) is 3.15. The van der Waals surface area contributed by atoms with Crippen molar-refractivity contribution < 1.29 is 9.53 Å². The highest BCUT2D eigenvalue weighted by Crippen LogP contribution is 2.17. The molecule has 28 heavy (non-hydrogen) atoms. The largest absolute Gasteiger partial charge is 0.374 e. The van der Waals surface area contributed by atoms with Crippen molar-refractivity contribution in [3.05, 3.63) is 83.7 Å². The van der Waals surface area contributed by atoms with Crippen LogP contribution in [0.1, 0.15) is 48.0 Å². The second kappa shape index (κ2) is 9.85. The summed E-state index contributed by atoms with van der Waals surface area (Å²) >= 11 is 0. The summed E-state index contributed by atoms with van der Waals surface area (Å²) in [4.78, 5) is 12.6. The summed E-state index contributed by atoms with van der Waals surface area (Å²) in [7, 11) is 0. The number of nitrogens with one attached hydrogen (secondary N) is 1. The lowest BCUT2D eigenvalue weighted by Crippen LogP contribution is -2.26. The number of aromatic nitrogens is 2. The van der Waals surface area contributed by atoms with Crippen molar-refractivity contribution in [3.8, 4) is 5.69 Å². The maximum atomic E-state index is 12.6. The molecule has 1 aromatic heterocycles. The zero-order valence-electron chi connectivity index (χ0n) is 16.5. The second-order valence-electron chi connectivity index (χ2n) is 6.64.